The van der Waals surface area contributed by atoms with Crippen LogP contribution in [0.15, 0.2) is 11.1 Å². The predicted molar refractivity (Wildman–Crippen MR) is 79.3 cm³/mol. The fourth-order valence-electron chi connectivity index (χ4n) is 1.35. The highest BCUT2D eigenvalue weighted by molar-refractivity contribution is 6.41. The van der Waals surface area contributed by atoms with Gasteiger partial charge in [-0.05, 0) is 0 Å². The first-order chi connectivity index (χ1) is 9.44. The third-order valence-electron chi connectivity index (χ3n) is 2.28. The molecule has 0 aliphatic heterocycles. The van der Waals surface area contributed by atoms with Crippen molar-refractivity contribution in [1.82, 2.24) is 5.32 Å². The SMILES string of the molecule is CN=C(N)NC(=O)Nc1c(Cl)cc(OC)c(OC)c1Cl. The normalized spacial score (nSPS) is 10.9. The van der Waals surface area contributed by atoms with Gasteiger partial charge in [0.05, 0.1) is 24.9 Å². The molecule has 7 nitrogen and oxygen atoms in total. The molecule has 0 unspecified atom stereocenters. The van der Waals surface area contributed by atoms with Crippen LogP contribution < -0.4 is 25.8 Å². The second kappa shape index (κ2) is 7.06. The molecule has 0 aromatic heterocycles. The van der Waals surface area contributed by atoms with Crippen molar-refractivity contribution >= 4 is 40.9 Å². The average Bonchev–Trinajstić information content (AvgIpc) is 2.42. The van der Waals surface area contributed by atoms with Crippen molar-refractivity contribution in [2.45, 2.75) is 0 Å². The smallest absolute Gasteiger partial charge is 0.326 e. The van der Waals surface area contributed by atoms with Crippen LogP contribution in [0.2, 0.25) is 10.0 Å². The van der Waals surface area contributed by atoms with Crippen LogP contribution >= 0.6 is 23.2 Å². The number of nitrogens with one attached hydrogen (secondary N) is 2. The molecule has 1 aromatic carbocycles. The maximum Gasteiger partial charge on any atom is 0.326 e. The molecule has 1 aromatic rings. The fraction of sp³-hybridized carbons (Fsp3) is 0.273. The van der Waals surface area contributed by atoms with E-state index in [1.807, 2.05) is 0 Å². The van der Waals surface area contributed by atoms with Gasteiger partial charge in [0, 0.05) is 13.1 Å². The Balaban J connectivity index is 3.10. The van der Waals surface area contributed by atoms with Gasteiger partial charge in [-0.1, -0.05) is 23.2 Å². The van der Waals surface area contributed by atoms with Crippen molar-refractivity contribution in [2.75, 3.05) is 26.6 Å². The van der Waals surface area contributed by atoms with Gasteiger partial charge in [0.25, 0.3) is 0 Å². The standard InChI is InChI=1S/C11H14Cl2N4O3/c1-15-10(14)17-11(18)16-8-5(12)4-6(19-2)9(20-3)7(8)13/h4H,1-3H3,(H4,14,15,16,17,18). The van der Waals surface area contributed by atoms with Crippen LogP contribution in [0.25, 0.3) is 0 Å². The highest BCUT2D eigenvalue weighted by Crippen LogP contribution is 2.44. The summed E-state index contributed by atoms with van der Waals surface area (Å²) in [5, 5.41) is 5.05. The summed E-state index contributed by atoms with van der Waals surface area (Å²) >= 11 is 12.2. The Morgan fingerprint density at radius 3 is 2.50 bits per heavy atom. The highest BCUT2D eigenvalue weighted by atomic mass is 35.5. The Morgan fingerprint density at radius 1 is 1.35 bits per heavy atom. The number of rotatable bonds is 3. The molecule has 0 radical (unpaired) electrons. The summed E-state index contributed by atoms with van der Waals surface area (Å²) in [7, 11) is 4.30. The van der Waals surface area contributed by atoms with Crippen molar-refractivity contribution in [3.05, 3.63) is 16.1 Å². The monoisotopic (exact) mass is 320 g/mol. The molecule has 1 rings (SSSR count). The zero-order chi connectivity index (χ0) is 15.3. The fourth-order valence-corrected chi connectivity index (χ4v) is 1.96. The topological polar surface area (TPSA) is 98.0 Å². The van der Waals surface area contributed by atoms with Crippen LogP contribution in [0.4, 0.5) is 10.5 Å². The molecule has 0 atom stereocenters. The number of hydrogen-bond acceptors (Lipinski definition) is 4. The molecule has 0 saturated heterocycles. The van der Waals surface area contributed by atoms with Gasteiger partial charge in [0.15, 0.2) is 17.5 Å². The lowest BCUT2D eigenvalue weighted by atomic mass is 10.2. The number of methoxy groups -OCH3 is 2. The van der Waals surface area contributed by atoms with E-state index < -0.39 is 6.03 Å². The van der Waals surface area contributed by atoms with Crippen LogP contribution in [0.1, 0.15) is 0 Å². The molecule has 0 spiro atoms. The first kappa shape index (κ1) is 16.2. The molecule has 20 heavy (non-hydrogen) atoms. The molecule has 9 heteroatoms. The van der Waals surface area contributed by atoms with Crippen molar-refractivity contribution in [2.24, 2.45) is 10.7 Å². The molecule has 0 bridgehead atoms. The van der Waals surface area contributed by atoms with Crippen LogP contribution in [0, 0.1) is 0 Å². The summed E-state index contributed by atoms with van der Waals surface area (Å²) in [5.41, 5.74) is 5.55. The summed E-state index contributed by atoms with van der Waals surface area (Å²) in [6, 6.07) is 0.836. The first-order valence-corrected chi connectivity index (χ1v) is 6.10. The highest BCUT2D eigenvalue weighted by Gasteiger charge is 2.19. The third kappa shape index (κ3) is 3.58. The van der Waals surface area contributed by atoms with E-state index in [9.17, 15) is 4.79 Å². The van der Waals surface area contributed by atoms with E-state index >= 15 is 0 Å². The van der Waals surface area contributed by atoms with Gasteiger partial charge in [-0.2, -0.15) is 0 Å². The van der Waals surface area contributed by atoms with Crippen molar-refractivity contribution in [3.8, 4) is 11.5 Å². The summed E-state index contributed by atoms with van der Waals surface area (Å²) < 4.78 is 10.2. The largest absolute Gasteiger partial charge is 0.493 e. The van der Waals surface area contributed by atoms with Gasteiger partial charge in [-0.3, -0.25) is 10.3 Å². The van der Waals surface area contributed by atoms with E-state index in [0.29, 0.717) is 5.75 Å². The molecule has 4 N–H and O–H groups in total. The summed E-state index contributed by atoms with van der Waals surface area (Å²) in [4.78, 5) is 15.3. The van der Waals surface area contributed by atoms with Crippen molar-refractivity contribution in [1.29, 1.82) is 0 Å². The Bertz CT molecular complexity index is 549. The number of aliphatic imine (C=N–C) groups is 1. The van der Waals surface area contributed by atoms with Gasteiger partial charge in [-0.25, -0.2) is 4.79 Å². The summed E-state index contributed by atoms with van der Waals surface area (Å²) in [6.45, 7) is 0. The molecule has 0 saturated carbocycles. The van der Waals surface area contributed by atoms with E-state index in [2.05, 4.69) is 15.6 Å². The second-order valence-electron chi connectivity index (χ2n) is 3.47. The van der Waals surface area contributed by atoms with E-state index in [0.717, 1.165) is 0 Å². The number of halogens is 2. The molecule has 0 aliphatic rings. The Morgan fingerprint density at radius 2 is 2.00 bits per heavy atom. The minimum Gasteiger partial charge on any atom is -0.493 e. The quantitative estimate of drug-likeness (QED) is 0.586. The second-order valence-corrected chi connectivity index (χ2v) is 4.26. The average molecular weight is 321 g/mol. The van der Waals surface area contributed by atoms with E-state index in [4.69, 9.17) is 38.4 Å². The number of anilines is 1. The van der Waals surface area contributed by atoms with Crippen LogP contribution in [0.3, 0.4) is 0 Å². The van der Waals surface area contributed by atoms with E-state index in [1.165, 1.54) is 27.3 Å². The number of guanidine groups is 1. The molecule has 2 amide bonds. The number of nitrogens with two attached hydrogens (primary N) is 1. The van der Waals surface area contributed by atoms with E-state index in [-0.39, 0.29) is 27.4 Å². The van der Waals surface area contributed by atoms with Gasteiger partial charge in [0.1, 0.15) is 5.02 Å². The molecule has 110 valence electrons. The zero-order valence-corrected chi connectivity index (χ0v) is 12.6. The number of amides is 2. The first-order valence-electron chi connectivity index (χ1n) is 5.34. The van der Waals surface area contributed by atoms with Crippen molar-refractivity contribution < 1.29 is 14.3 Å². The molecule has 0 aliphatic carbocycles. The maximum absolute atomic E-state index is 11.7. The lowest BCUT2D eigenvalue weighted by Gasteiger charge is -2.15. The van der Waals surface area contributed by atoms with Gasteiger partial charge in [0.2, 0.25) is 0 Å². The number of carbonyl (C=O) groups is 1. The zero-order valence-electron chi connectivity index (χ0n) is 11.1. The summed E-state index contributed by atoms with van der Waals surface area (Å²) in [6.07, 6.45) is 0. The lowest BCUT2D eigenvalue weighted by Crippen LogP contribution is -2.39. The Labute approximate surface area is 126 Å². The van der Waals surface area contributed by atoms with Crippen LogP contribution in [-0.4, -0.2) is 33.3 Å². The molecule has 0 heterocycles. The van der Waals surface area contributed by atoms with E-state index in [1.54, 1.807) is 0 Å². The Hall–Kier alpha value is -1.86. The number of ether oxygens (including phenoxy) is 2. The van der Waals surface area contributed by atoms with Gasteiger partial charge < -0.3 is 20.5 Å². The Kier molecular flexibility index (Phi) is 5.72. The number of benzene rings is 1. The maximum atomic E-state index is 11.7. The van der Waals surface area contributed by atoms with Crippen LogP contribution in [-0.2, 0) is 0 Å². The number of carbonyl (C=O) groups excluding carboxylic acids is 1. The summed E-state index contributed by atoms with van der Waals surface area (Å²) in [5.74, 6) is 0.560. The molecule has 0 fully saturated rings. The van der Waals surface area contributed by atoms with Crippen LogP contribution in [0.5, 0.6) is 11.5 Å². The third-order valence-corrected chi connectivity index (χ3v) is 2.94. The molecular formula is C11H14Cl2N4O3. The predicted octanol–water partition coefficient (Wildman–Crippen LogP) is 2.08. The number of urea groups is 1. The van der Waals surface area contributed by atoms with Crippen molar-refractivity contribution in [3.63, 3.8) is 0 Å². The minimum atomic E-state index is -0.635. The van der Waals surface area contributed by atoms with Gasteiger partial charge >= 0.3 is 6.03 Å². The number of hydrogen-bond donors (Lipinski definition) is 3. The minimum absolute atomic E-state index is 0.0461. The van der Waals surface area contributed by atoms with Gasteiger partial charge in [-0.15, -0.1) is 0 Å². The lowest BCUT2D eigenvalue weighted by molar-refractivity contribution is 0.256. The molecular weight excluding hydrogens is 307 g/mol. The number of nitrogens with zero attached hydrogens (tertiary/aromatic N) is 1.